The highest BCUT2D eigenvalue weighted by atomic mass is 35.5. The molecule has 3 N–H and O–H groups in total. The van der Waals surface area contributed by atoms with Crippen molar-refractivity contribution in [1.29, 1.82) is 0 Å². The van der Waals surface area contributed by atoms with Gasteiger partial charge >= 0.3 is 0 Å². The monoisotopic (exact) mass is 497 g/mol. The van der Waals surface area contributed by atoms with Gasteiger partial charge in [0.2, 0.25) is 0 Å². The minimum atomic E-state index is -0.376. The Labute approximate surface area is 213 Å². The van der Waals surface area contributed by atoms with Gasteiger partial charge in [-0.05, 0) is 60.0 Å². The fourth-order valence-corrected chi connectivity index (χ4v) is 4.58. The Morgan fingerprint density at radius 1 is 0.944 bits per heavy atom. The molecule has 0 saturated heterocycles. The number of aromatic amines is 1. The zero-order valence-corrected chi connectivity index (χ0v) is 20.3. The molecule has 0 bridgehead atoms. The Balaban J connectivity index is 1.39. The second-order valence-corrected chi connectivity index (χ2v) is 8.94. The molecule has 5 rings (SSSR count). The summed E-state index contributed by atoms with van der Waals surface area (Å²) in [5.74, 6) is -0.591. The van der Waals surface area contributed by atoms with Crippen LogP contribution in [0, 0.1) is 6.92 Å². The highest BCUT2D eigenvalue weighted by Gasteiger charge is 2.22. The van der Waals surface area contributed by atoms with Gasteiger partial charge in [0, 0.05) is 45.8 Å². The van der Waals surface area contributed by atoms with E-state index in [4.69, 9.17) is 16.0 Å². The van der Waals surface area contributed by atoms with Gasteiger partial charge in [0.25, 0.3) is 11.8 Å². The predicted molar refractivity (Wildman–Crippen MR) is 142 cm³/mol. The molecule has 0 saturated carbocycles. The predicted octanol–water partition coefficient (Wildman–Crippen LogP) is 6.54. The fraction of sp³-hybridized carbons (Fsp3) is 0.103. The third-order valence-corrected chi connectivity index (χ3v) is 6.58. The largest absolute Gasteiger partial charge is 0.459 e. The van der Waals surface area contributed by atoms with Crippen LogP contribution in [0.25, 0.3) is 10.9 Å². The lowest BCUT2D eigenvalue weighted by atomic mass is 9.90. The molecular weight excluding hydrogens is 474 g/mol. The van der Waals surface area contributed by atoms with Gasteiger partial charge in [-0.15, -0.1) is 0 Å². The van der Waals surface area contributed by atoms with Gasteiger partial charge in [-0.1, -0.05) is 54.1 Å². The first kappa shape index (κ1) is 23.5. The maximum Gasteiger partial charge on any atom is 0.291 e. The van der Waals surface area contributed by atoms with Crippen molar-refractivity contribution in [2.45, 2.75) is 12.8 Å². The molecule has 3 aromatic carbocycles. The molecule has 0 aliphatic carbocycles. The maximum absolute atomic E-state index is 13.2. The molecule has 6 nitrogen and oxygen atoms in total. The van der Waals surface area contributed by atoms with Crippen LogP contribution < -0.4 is 10.6 Å². The van der Waals surface area contributed by atoms with E-state index in [0.29, 0.717) is 22.8 Å². The molecule has 180 valence electrons. The number of furan rings is 1. The number of H-pyrrole nitrogens is 1. The van der Waals surface area contributed by atoms with Crippen molar-refractivity contribution >= 4 is 40.0 Å². The van der Waals surface area contributed by atoms with Crippen LogP contribution in [0.4, 0.5) is 5.69 Å². The molecular formula is C29H24ClN3O3. The molecule has 0 fully saturated rings. The Hall–Kier alpha value is -4.29. The highest BCUT2D eigenvalue weighted by molar-refractivity contribution is 6.31. The number of benzene rings is 3. The smallest absolute Gasteiger partial charge is 0.291 e. The van der Waals surface area contributed by atoms with Crippen LogP contribution in [0.5, 0.6) is 0 Å². The Morgan fingerprint density at radius 3 is 2.56 bits per heavy atom. The number of aromatic nitrogens is 1. The molecule has 0 radical (unpaired) electrons. The number of carbonyl (C=O) groups excluding carboxylic acids is 2. The number of para-hydroxylation sites is 1. The molecule has 1 unspecified atom stereocenters. The summed E-state index contributed by atoms with van der Waals surface area (Å²) in [6.45, 7) is 2.20. The number of fused-ring (bicyclic) bond motifs is 1. The molecule has 2 heterocycles. The quantitative estimate of drug-likeness (QED) is 0.238. The number of nitrogens with one attached hydrogen (secondary N) is 3. The van der Waals surface area contributed by atoms with Gasteiger partial charge in [-0.25, -0.2) is 0 Å². The Kier molecular flexibility index (Phi) is 6.60. The number of hydrogen-bond donors (Lipinski definition) is 3. The van der Waals surface area contributed by atoms with Gasteiger partial charge in [0.05, 0.1) is 6.26 Å². The van der Waals surface area contributed by atoms with Crippen molar-refractivity contribution in [2.75, 3.05) is 11.9 Å². The van der Waals surface area contributed by atoms with E-state index in [1.165, 1.54) is 6.26 Å². The second kappa shape index (κ2) is 10.1. The van der Waals surface area contributed by atoms with Crippen molar-refractivity contribution in [2.24, 2.45) is 0 Å². The van der Waals surface area contributed by atoms with Crippen molar-refractivity contribution in [3.8, 4) is 0 Å². The standard InChI is InChI=1S/C29H24ClN3O3/c1-18-12-13-19(15-26(18)33-29(35)27-11-6-14-36-27)28(34)32-17-22(20-7-2-4-9-24(20)30)23-16-31-25-10-5-3-8-21(23)25/h2-16,22,31H,17H2,1H3,(H,32,34)(H,33,35). The van der Waals surface area contributed by atoms with E-state index in [0.717, 1.165) is 27.6 Å². The van der Waals surface area contributed by atoms with Crippen molar-refractivity contribution in [3.63, 3.8) is 0 Å². The molecule has 36 heavy (non-hydrogen) atoms. The number of hydrogen-bond acceptors (Lipinski definition) is 3. The maximum atomic E-state index is 13.2. The second-order valence-electron chi connectivity index (χ2n) is 8.53. The first-order valence-corrected chi connectivity index (χ1v) is 11.9. The van der Waals surface area contributed by atoms with Crippen molar-refractivity contribution < 1.29 is 14.0 Å². The summed E-state index contributed by atoms with van der Waals surface area (Å²) in [6.07, 6.45) is 3.41. The minimum Gasteiger partial charge on any atom is -0.459 e. The topological polar surface area (TPSA) is 87.1 Å². The summed E-state index contributed by atoms with van der Waals surface area (Å²) >= 11 is 6.58. The number of aryl methyl sites for hydroxylation is 1. The van der Waals surface area contributed by atoms with Gasteiger partial charge in [0.15, 0.2) is 5.76 Å². The van der Waals surface area contributed by atoms with Crippen LogP contribution in [0.2, 0.25) is 5.02 Å². The third-order valence-electron chi connectivity index (χ3n) is 6.24. The number of rotatable bonds is 7. The van der Waals surface area contributed by atoms with E-state index in [2.05, 4.69) is 21.7 Å². The number of anilines is 1. The average Bonchev–Trinajstić information content (AvgIpc) is 3.57. The molecule has 0 spiro atoms. The number of carbonyl (C=O) groups is 2. The van der Waals surface area contributed by atoms with Crippen molar-refractivity contribution in [3.05, 3.63) is 124 Å². The minimum absolute atomic E-state index is 0.164. The molecule has 5 aromatic rings. The summed E-state index contributed by atoms with van der Waals surface area (Å²) in [5.41, 5.74) is 4.81. The first-order chi connectivity index (χ1) is 17.5. The molecule has 0 aliphatic rings. The summed E-state index contributed by atoms with van der Waals surface area (Å²) in [4.78, 5) is 28.9. The van der Waals surface area contributed by atoms with E-state index in [1.54, 1.807) is 30.3 Å². The Morgan fingerprint density at radius 2 is 1.75 bits per heavy atom. The van der Waals surface area contributed by atoms with E-state index in [9.17, 15) is 9.59 Å². The molecule has 7 heteroatoms. The van der Waals surface area contributed by atoms with E-state index in [-0.39, 0.29) is 23.5 Å². The fourth-order valence-electron chi connectivity index (χ4n) is 4.31. The molecule has 1 atom stereocenters. The Bertz CT molecular complexity index is 1540. The third kappa shape index (κ3) is 4.76. The van der Waals surface area contributed by atoms with Crippen LogP contribution in [0.3, 0.4) is 0 Å². The first-order valence-electron chi connectivity index (χ1n) is 11.6. The van der Waals surface area contributed by atoms with E-state index < -0.39 is 0 Å². The van der Waals surface area contributed by atoms with Crippen LogP contribution in [-0.4, -0.2) is 23.3 Å². The summed E-state index contributed by atoms with van der Waals surface area (Å²) in [6, 6.07) is 24.2. The summed E-state index contributed by atoms with van der Waals surface area (Å²) < 4.78 is 5.16. The zero-order valence-electron chi connectivity index (χ0n) is 19.5. The van der Waals surface area contributed by atoms with Gasteiger partial charge < -0.3 is 20.0 Å². The van der Waals surface area contributed by atoms with Crippen LogP contribution in [0.1, 0.15) is 43.5 Å². The molecule has 0 aliphatic heterocycles. The van der Waals surface area contributed by atoms with Crippen LogP contribution in [0.15, 0.2) is 95.7 Å². The summed E-state index contributed by atoms with van der Waals surface area (Å²) in [5, 5.41) is 7.59. The van der Waals surface area contributed by atoms with Crippen LogP contribution >= 0.6 is 11.6 Å². The van der Waals surface area contributed by atoms with Crippen LogP contribution in [-0.2, 0) is 0 Å². The number of halogens is 1. The zero-order chi connectivity index (χ0) is 25.1. The lowest BCUT2D eigenvalue weighted by Gasteiger charge is -2.20. The summed E-state index contributed by atoms with van der Waals surface area (Å²) in [7, 11) is 0. The average molecular weight is 498 g/mol. The number of amides is 2. The lowest BCUT2D eigenvalue weighted by molar-refractivity contribution is 0.0950. The SMILES string of the molecule is Cc1ccc(C(=O)NCC(c2ccccc2Cl)c2c[nH]c3ccccc23)cc1NC(=O)c1ccco1. The molecule has 2 aromatic heterocycles. The van der Waals surface area contributed by atoms with E-state index in [1.807, 2.05) is 55.6 Å². The van der Waals surface area contributed by atoms with E-state index >= 15 is 0 Å². The molecule has 2 amide bonds. The highest BCUT2D eigenvalue weighted by Crippen LogP contribution is 2.34. The normalized spacial score (nSPS) is 11.8. The lowest BCUT2D eigenvalue weighted by Crippen LogP contribution is -2.29. The van der Waals surface area contributed by atoms with Gasteiger partial charge in [0.1, 0.15) is 0 Å². The van der Waals surface area contributed by atoms with Crippen molar-refractivity contribution in [1.82, 2.24) is 10.3 Å². The van der Waals surface area contributed by atoms with Gasteiger partial charge in [-0.3, -0.25) is 9.59 Å². The van der Waals surface area contributed by atoms with Gasteiger partial charge in [-0.2, -0.15) is 0 Å².